The number of carbonyl (C=O) groups is 1. The number of amides is 1. The standard InChI is InChI=1S/C18H21N3O5S2/c22-18(8-3-14-2-1-10-19-12-14)20-15-4-6-17(7-5-15)28(25,26)21-16-9-11-27(23,24)13-16/h1-8,10,12,16,21,23-24H,9,11,13H2,(H,20,22). The molecule has 8 nitrogen and oxygen atoms in total. The largest absolute Gasteiger partial charge is 0.323 e. The lowest BCUT2D eigenvalue weighted by Gasteiger charge is -2.26. The predicted octanol–water partition coefficient (Wildman–Crippen LogP) is 2.53. The lowest BCUT2D eigenvalue weighted by Crippen LogP contribution is -2.35. The van der Waals surface area contributed by atoms with Crippen LogP contribution in [0.15, 0.2) is 59.8 Å². The summed E-state index contributed by atoms with van der Waals surface area (Å²) in [7, 11) is -6.46. The molecular formula is C18H21N3O5S2. The first-order valence-electron chi connectivity index (χ1n) is 8.49. The van der Waals surface area contributed by atoms with Gasteiger partial charge in [-0.3, -0.25) is 18.9 Å². The van der Waals surface area contributed by atoms with E-state index in [0.717, 1.165) is 5.56 Å². The van der Waals surface area contributed by atoms with E-state index in [1.807, 2.05) is 6.07 Å². The van der Waals surface area contributed by atoms with E-state index >= 15 is 0 Å². The van der Waals surface area contributed by atoms with Gasteiger partial charge in [0.1, 0.15) is 0 Å². The average Bonchev–Trinajstić information content (AvgIpc) is 2.99. The molecule has 2 heterocycles. The minimum atomic E-state index is -3.78. The van der Waals surface area contributed by atoms with Crippen LogP contribution in [0.1, 0.15) is 12.0 Å². The zero-order chi connectivity index (χ0) is 20.2. The molecule has 1 saturated heterocycles. The summed E-state index contributed by atoms with van der Waals surface area (Å²) in [6, 6.07) is 8.84. The van der Waals surface area contributed by atoms with Crippen molar-refractivity contribution in [2.24, 2.45) is 0 Å². The smallest absolute Gasteiger partial charge is 0.248 e. The Balaban J connectivity index is 1.59. The third-order valence-corrected chi connectivity index (χ3v) is 7.49. The number of nitrogens with one attached hydrogen (secondary N) is 2. The van der Waals surface area contributed by atoms with Gasteiger partial charge >= 0.3 is 0 Å². The van der Waals surface area contributed by atoms with E-state index in [0.29, 0.717) is 12.1 Å². The summed E-state index contributed by atoms with van der Waals surface area (Å²) in [6.07, 6.45) is 6.64. The number of aromatic nitrogens is 1. The molecule has 150 valence electrons. The molecule has 10 heteroatoms. The zero-order valence-electron chi connectivity index (χ0n) is 14.9. The number of benzene rings is 1. The summed E-state index contributed by atoms with van der Waals surface area (Å²) >= 11 is 0. The van der Waals surface area contributed by atoms with E-state index in [9.17, 15) is 22.3 Å². The molecule has 1 atom stereocenters. The van der Waals surface area contributed by atoms with Gasteiger partial charge in [0.2, 0.25) is 15.9 Å². The number of pyridine rings is 1. The van der Waals surface area contributed by atoms with Crippen LogP contribution in [0.2, 0.25) is 0 Å². The molecule has 1 aromatic heterocycles. The van der Waals surface area contributed by atoms with Gasteiger partial charge in [-0.25, -0.2) is 13.1 Å². The van der Waals surface area contributed by atoms with Gasteiger partial charge in [0, 0.05) is 36.0 Å². The molecule has 1 unspecified atom stereocenters. The van der Waals surface area contributed by atoms with E-state index in [-0.39, 0.29) is 22.3 Å². The van der Waals surface area contributed by atoms with E-state index in [4.69, 9.17) is 0 Å². The fourth-order valence-electron chi connectivity index (χ4n) is 2.75. The summed E-state index contributed by atoms with van der Waals surface area (Å²) in [6.45, 7) is 0. The third kappa shape index (κ3) is 5.63. The van der Waals surface area contributed by atoms with E-state index in [1.165, 1.54) is 30.3 Å². The monoisotopic (exact) mass is 423 g/mol. The quantitative estimate of drug-likeness (QED) is 0.529. The maximum atomic E-state index is 12.4. The fraction of sp³-hybridized carbons (Fsp3) is 0.222. The number of rotatable bonds is 6. The van der Waals surface area contributed by atoms with E-state index in [2.05, 4.69) is 15.0 Å². The minimum Gasteiger partial charge on any atom is -0.323 e. The first kappa shape index (κ1) is 20.5. The van der Waals surface area contributed by atoms with Crippen LogP contribution in [0.4, 0.5) is 5.69 Å². The van der Waals surface area contributed by atoms with Crippen molar-refractivity contribution in [2.45, 2.75) is 17.4 Å². The normalized spacial score (nSPS) is 20.1. The van der Waals surface area contributed by atoms with Gasteiger partial charge in [0.25, 0.3) is 0 Å². The number of hydrogen-bond acceptors (Lipinski definition) is 6. The second-order valence-electron chi connectivity index (χ2n) is 6.41. The second-order valence-corrected chi connectivity index (χ2v) is 10.5. The maximum absolute atomic E-state index is 12.4. The zero-order valence-corrected chi connectivity index (χ0v) is 16.5. The van der Waals surface area contributed by atoms with Gasteiger partial charge < -0.3 is 5.32 Å². The highest BCUT2D eigenvalue weighted by molar-refractivity contribution is 8.24. The molecule has 0 aliphatic carbocycles. The molecule has 0 radical (unpaired) electrons. The number of hydrogen-bond donors (Lipinski definition) is 4. The fourth-order valence-corrected chi connectivity index (χ4v) is 5.85. The lowest BCUT2D eigenvalue weighted by atomic mass is 10.2. The van der Waals surface area contributed by atoms with Crippen molar-refractivity contribution < 1.29 is 22.3 Å². The molecule has 0 saturated carbocycles. The second kappa shape index (κ2) is 8.41. The highest BCUT2D eigenvalue weighted by Gasteiger charge is 2.31. The van der Waals surface area contributed by atoms with Crippen LogP contribution in [0.5, 0.6) is 0 Å². The topological polar surface area (TPSA) is 129 Å². The summed E-state index contributed by atoms with van der Waals surface area (Å²) < 4.78 is 46.6. The summed E-state index contributed by atoms with van der Waals surface area (Å²) in [4.78, 5) is 16.0. The summed E-state index contributed by atoms with van der Waals surface area (Å²) in [5.74, 6) is -0.116. The van der Waals surface area contributed by atoms with Crippen LogP contribution >= 0.6 is 10.6 Å². The first-order valence-corrected chi connectivity index (χ1v) is 11.9. The Kier molecular flexibility index (Phi) is 6.16. The van der Waals surface area contributed by atoms with E-state index < -0.39 is 26.7 Å². The van der Waals surface area contributed by atoms with Crippen molar-refractivity contribution in [3.05, 3.63) is 60.4 Å². The lowest BCUT2D eigenvalue weighted by molar-refractivity contribution is -0.111. The van der Waals surface area contributed by atoms with Crippen LogP contribution in [0.25, 0.3) is 6.08 Å². The Bertz CT molecular complexity index is 960. The van der Waals surface area contributed by atoms with Crippen molar-refractivity contribution in [1.29, 1.82) is 0 Å². The minimum absolute atomic E-state index is 0.0314. The molecule has 1 amide bonds. The molecule has 2 aromatic rings. The Morgan fingerprint density at radius 1 is 1.21 bits per heavy atom. The van der Waals surface area contributed by atoms with Crippen molar-refractivity contribution in [1.82, 2.24) is 9.71 Å². The maximum Gasteiger partial charge on any atom is 0.248 e. The molecule has 1 aromatic carbocycles. The Labute approximate surface area is 165 Å². The van der Waals surface area contributed by atoms with Crippen LogP contribution in [0, 0.1) is 0 Å². The van der Waals surface area contributed by atoms with Gasteiger partial charge in [-0.1, -0.05) is 6.07 Å². The predicted molar refractivity (Wildman–Crippen MR) is 110 cm³/mol. The van der Waals surface area contributed by atoms with Crippen LogP contribution in [0.3, 0.4) is 0 Å². The highest BCUT2D eigenvalue weighted by Crippen LogP contribution is 2.45. The molecule has 3 rings (SSSR count). The molecular weight excluding hydrogens is 402 g/mol. The summed E-state index contributed by atoms with van der Waals surface area (Å²) in [5.41, 5.74) is 1.24. The summed E-state index contributed by atoms with van der Waals surface area (Å²) in [5, 5.41) is 2.65. The Hall–Kier alpha value is -2.24. The van der Waals surface area contributed by atoms with E-state index in [1.54, 1.807) is 24.5 Å². The van der Waals surface area contributed by atoms with Crippen molar-refractivity contribution in [2.75, 3.05) is 16.8 Å². The average molecular weight is 424 g/mol. The van der Waals surface area contributed by atoms with Gasteiger partial charge in [0.15, 0.2) is 0 Å². The molecule has 0 bridgehead atoms. The number of anilines is 1. The molecule has 4 N–H and O–H groups in total. The van der Waals surface area contributed by atoms with Gasteiger partial charge in [-0.15, -0.1) is 0 Å². The van der Waals surface area contributed by atoms with Gasteiger partial charge in [-0.2, -0.15) is 10.6 Å². The van der Waals surface area contributed by atoms with Crippen LogP contribution in [-0.4, -0.2) is 46.0 Å². The first-order chi connectivity index (χ1) is 13.2. The van der Waals surface area contributed by atoms with Crippen molar-refractivity contribution in [3.8, 4) is 0 Å². The van der Waals surface area contributed by atoms with Gasteiger partial charge in [-0.05, 0) is 48.4 Å². The van der Waals surface area contributed by atoms with Crippen LogP contribution in [-0.2, 0) is 14.8 Å². The van der Waals surface area contributed by atoms with Crippen LogP contribution < -0.4 is 10.0 Å². The molecule has 1 aliphatic heterocycles. The highest BCUT2D eigenvalue weighted by atomic mass is 32.3. The Morgan fingerprint density at radius 3 is 2.57 bits per heavy atom. The molecule has 1 aliphatic rings. The number of carbonyl (C=O) groups excluding carboxylic acids is 1. The SMILES string of the molecule is O=C(C=Cc1cccnc1)Nc1ccc(S(=O)(=O)NC2CCS(O)(O)C2)cc1. The van der Waals surface area contributed by atoms with Crippen molar-refractivity contribution >= 4 is 38.3 Å². The molecule has 28 heavy (non-hydrogen) atoms. The number of sulfonamides is 1. The van der Waals surface area contributed by atoms with Gasteiger partial charge in [0.05, 0.1) is 10.6 Å². The molecule has 1 fully saturated rings. The number of nitrogens with zero attached hydrogens (tertiary/aromatic N) is 1. The Morgan fingerprint density at radius 2 is 1.96 bits per heavy atom. The third-order valence-electron chi connectivity index (χ3n) is 4.13. The van der Waals surface area contributed by atoms with Crippen molar-refractivity contribution in [3.63, 3.8) is 0 Å². The molecule has 0 spiro atoms.